The van der Waals surface area contributed by atoms with Crippen molar-refractivity contribution in [1.82, 2.24) is 0 Å². The fourth-order valence-corrected chi connectivity index (χ4v) is 3.80. The lowest BCUT2D eigenvalue weighted by atomic mass is 9.65. The number of hydrogen-bond acceptors (Lipinski definition) is 6. The zero-order chi connectivity index (χ0) is 21.6. The molecule has 3 rings (SSSR count). The van der Waals surface area contributed by atoms with E-state index >= 15 is 0 Å². The van der Waals surface area contributed by atoms with E-state index in [9.17, 15) is 17.6 Å². The molecule has 2 N–H and O–H groups in total. The summed E-state index contributed by atoms with van der Waals surface area (Å²) in [7, 11) is 12.6. The Morgan fingerprint density at radius 3 is 2.41 bits per heavy atom. The summed E-state index contributed by atoms with van der Waals surface area (Å²) in [5.74, 6) is -3.69. The van der Waals surface area contributed by atoms with Crippen LogP contribution in [0.4, 0.5) is 4.39 Å². The van der Waals surface area contributed by atoms with Crippen LogP contribution in [0.15, 0.2) is 60.2 Å². The van der Waals surface area contributed by atoms with Crippen LogP contribution in [-0.2, 0) is 33.9 Å². The number of nitrogens with two attached hydrogens (primary N) is 1. The SMILES string of the molecule is [B]C([B])(c1ccccc1)S(=O)(=O)OC1=C(N)O[C@]([B])(c2cc(F)ccc2Cl)C1=O. The molecule has 0 bridgehead atoms. The van der Waals surface area contributed by atoms with E-state index in [4.69, 9.17) is 49.8 Å². The predicted octanol–water partition coefficient (Wildman–Crippen LogP) is 1.02. The Balaban J connectivity index is 1.97. The van der Waals surface area contributed by atoms with Crippen molar-refractivity contribution in [2.45, 2.75) is 10.0 Å². The smallest absolute Gasteiger partial charge is 0.302 e. The molecule has 29 heavy (non-hydrogen) atoms. The highest BCUT2D eigenvalue weighted by atomic mass is 35.5. The van der Waals surface area contributed by atoms with Gasteiger partial charge in [0.15, 0.2) is 5.50 Å². The van der Waals surface area contributed by atoms with Crippen molar-refractivity contribution < 1.29 is 26.5 Å². The molecule has 0 saturated heterocycles. The lowest BCUT2D eigenvalue weighted by Gasteiger charge is -2.27. The summed E-state index contributed by atoms with van der Waals surface area (Å²) in [5, 5.41) is -0.115. The molecule has 1 aliphatic rings. The van der Waals surface area contributed by atoms with Crippen molar-refractivity contribution in [3.05, 3.63) is 82.1 Å². The van der Waals surface area contributed by atoms with Crippen LogP contribution >= 0.6 is 11.6 Å². The van der Waals surface area contributed by atoms with Crippen LogP contribution in [0, 0.1) is 5.82 Å². The molecule has 0 aliphatic carbocycles. The molecule has 0 amide bonds. The van der Waals surface area contributed by atoms with Crippen molar-refractivity contribution >= 4 is 51.0 Å². The number of ether oxygens (including phenoxy) is 1. The molecular formula is C17H10B3ClFNO5S. The zero-order valence-electron chi connectivity index (χ0n) is 14.6. The summed E-state index contributed by atoms with van der Waals surface area (Å²) < 4.78 is 46.4. The Kier molecular flexibility index (Phi) is 5.25. The molecule has 0 aromatic heterocycles. The highest BCUT2D eigenvalue weighted by molar-refractivity contribution is 7.90. The average Bonchev–Trinajstić information content (AvgIpc) is 2.88. The molecule has 142 valence electrons. The van der Waals surface area contributed by atoms with E-state index in [1.807, 2.05) is 0 Å². The van der Waals surface area contributed by atoms with Gasteiger partial charge in [0.1, 0.15) is 13.7 Å². The highest BCUT2D eigenvalue weighted by Gasteiger charge is 2.51. The van der Waals surface area contributed by atoms with Crippen molar-refractivity contribution in [3.8, 4) is 0 Å². The first kappa shape index (κ1) is 21.3. The number of rotatable bonds is 5. The van der Waals surface area contributed by atoms with E-state index in [0.717, 1.165) is 18.2 Å². The van der Waals surface area contributed by atoms with Gasteiger partial charge in [-0.15, -0.1) is 0 Å². The number of halogens is 2. The Hall–Kier alpha value is -2.39. The largest absolute Gasteiger partial charge is 0.467 e. The van der Waals surface area contributed by atoms with Crippen LogP contribution in [0.3, 0.4) is 0 Å². The summed E-state index contributed by atoms with van der Waals surface area (Å²) in [5.41, 5.74) is 2.90. The predicted molar refractivity (Wildman–Crippen MR) is 106 cm³/mol. The maximum atomic E-state index is 13.6. The maximum Gasteiger partial charge on any atom is 0.302 e. The molecule has 0 spiro atoms. The molecule has 6 radical (unpaired) electrons. The fourth-order valence-electron chi connectivity index (χ4n) is 2.61. The van der Waals surface area contributed by atoms with Gasteiger partial charge in [0.05, 0.1) is 20.2 Å². The van der Waals surface area contributed by atoms with Gasteiger partial charge in [-0.25, -0.2) is 4.39 Å². The molecule has 1 heterocycles. The third-order valence-electron chi connectivity index (χ3n) is 4.20. The van der Waals surface area contributed by atoms with E-state index in [2.05, 4.69) is 0 Å². The molecule has 0 fully saturated rings. The Morgan fingerprint density at radius 2 is 1.79 bits per heavy atom. The van der Waals surface area contributed by atoms with E-state index < -0.39 is 43.4 Å². The number of Topliss-reactive ketones (excluding diaryl/α,β-unsaturated/α-hetero) is 1. The average molecular weight is 427 g/mol. The van der Waals surface area contributed by atoms with Crippen LogP contribution in [0.25, 0.3) is 0 Å². The summed E-state index contributed by atoms with van der Waals surface area (Å²) in [6, 6.07) is 10.4. The van der Waals surface area contributed by atoms with Gasteiger partial charge < -0.3 is 14.7 Å². The lowest BCUT2D eigenvalue weighted by molar-refractivity contribution is -0.126. The van der Waals surface area contributed by atoms with Gasteiger partial charge in [0.25, 0.3) is 0 Å². The minimum Gasteiger partial charge on any atom is -0.467 e. The Bertz CT molecular complexity index is 1130. The van der Waals surface area contributed by atoms with Gasteiger partial charge in [-0.3, -0.25) is 4.79 Å². The monoisotopic (exact) mass is 427 g/mol. The summed E-state index contributed by atoms with van der Waals surface area (Å²) >= 11 is 5.98. The number of ketones is 1. The molecule has 0 unspecified atom stereocenters. The van der Waals surface area contributed by atoms with Gasteiger partial charge in [0.2, 0.25) is 17.4 Å². The van der Waals surface area contributed by atoms with Gasteiger partial charge in [0, 0.05) is 10.6 Å². The van der Waals surface area contributed by atoms with Crippen LogP contribution in [0.2, 0.25) is 5.02 Å². The fraction of sp³-hybridized carbons (Fsp3) is 0.118. The highest BCUT2D eigenvalue weighted by Crippen LogP contribution is 2.40. The van der Waals surface area contributed by atoms with Gasteiger partial charge in [-0.1, -0.05) is 41.9 Å². The van der Waals surface area contributed by atoms with Gasteiger partial charge >= 0.3 is 10.1 Å². The first-order chi connectivity index (χ1) is 13.4. The number of benzene rings is 2. The minimum atomic E-state index is -4.86. The quantitative estimate of drug-likeness (QED) is 0.566. The van der Waals surface area contributed by atoms with Crippen LogP contribution in [0.1, 0.15) is 11.1 Å². The van der Waals surface area contributed by atoms with Crippen LogP contribution in [-0.4, -0.2) is 37.7 Å². The van der Waals surface area contributed by atoms with E-state index in [1.165, 1.54) is 24.3 Å². The lowest BCUT2D eigenvalue weighted by Crippen LogP contribution is -2.40. The minimum absolute atomic E-state index is 0.0160. The topological polar surface area (TPSA) is 95.7 Å². The molecule has 0 saturated carbocycles. The third kappa shape index (κ3) is 3.53. The van der Waals surface area contributed by atoms with Crippen molar-refractivity contribution in [3.63, 3.8) is 0 Å². The number of carbonyl (C=O) groups excluding carboxylic acids is 1. The maximum absolute atomic E-state index is 13.6. The second-order valence-corrected chi connectivity index (χ2v) is 8.34. The second kappa shape index (κ2) is 7.14. The standard InChI is InChI=1S/C17H10B3ClFNO5S/c18-16(11-8-10(22)6-7-12(11)21)14(24)13(15(23)27-16)28-29(25,26)17(19,20)9-4-2-1-3-5-9/h1-8H,23H2/t16-/m1/s1. The van der Waals surface area contributed by atoms with Gasteiger partial charge in [-0.2, -0.15) is 8.42 Å². The zero-order valence-corrected chi connectivity index (χ0v) is 16.2. The van der Waals surface area contributed by atoms with Crippen molar-refractivity contribution in [2.24, 2.45) is 5.73 Å². The second-order valence-electron chi connectivity index (χ2n) is 6.18. The van der Waals surface area contributed by atoms with Crippen molar-refractivity contribution in [2.75, 3.05) is 0 Å². The molecule has 2 aromatic carbocycles. The first-order valence-corrected chi connectivity index (χ1v) is 9.74. The summed E-state index contributed by atoms with van der Waals surface area (Å²) in [6.45, 7) is 0. The van der Waals surface area contributed by atoms with Crippen LogP contribution in [0.5, 0.6) is 0 Å². The molecule has 2 aromatic rings. The summed E-state index contributed by atoms with van der Waals surface area (Å²) in [4.78, 5) is 12.8. The molecular weight excluding hydrogens is 417 g/mol. The molecule has 6 nitrogen and oxygen atoms in total. The number of hydrogen-bond donors (Lipinski definition) is 1. The van der Waals surface area contributed by atoms with Crippen LogP contribution < -0.4 is 5.73 Å². The normalized spacial score (nSPS) is 19.9. The number of carbonyl (C=O) groups is 1. The summed E-state index contributed by atoms with van der Waals surface area (Å²) in [6.07, 6.45) is 0. The molecule has 12 heteroatoms. The van der Waals surface area contributed by atoms with E-state index in [1.54, 1.807) is 6.07 Å². The third-order valence-corrected chi connectivity index (χ3v) is 5.98. The molecule has 1 atom stereocenters. The first-order valence-electron chi connectivity index (χ1n) is 7.95. The Labute approximate surface area is 175 Å². The van der Waals surface area contributed by atoms with E-state index in [0.29, 0.717) is 0 Å². The van der Waals surface area contributed by atoms with Crippen molar-refractivity contribution in [1.29, 1.82) is 0 Å². The van der Waals surface area contributed by atoms with Gasteiger partial charge in [-0.05, 0) is 23.8 Å². The molecule has 1 aliphatic heterocycles. The Morgan fingerprint density at radius 1 is 1.17 bits per heavy atom. The van der Waals surface area contributed by atoms with E-state index in [-0.39, 0.29) is 16.1 Å².